The highest BCUT2D eigenvalue weighted by molar-refractivity contribution is 6.22. The fourth-order valence-corrected chi connectivity index (χ4v) is 16.0. The quantitative estimate of drug-likeness (QED) is 0.121. The van der Waals surface area contributed by atoms with Gasteiger partial charge >= 0.3 is 0 Å². The Bertz CT molecular complexity index is 5510. The van der Waals surface area contributed by atoms with E-state index in [0.29, 0.717) is 40.8 Å². The van der Waals surface area contributed by atoms with E-state index in [0.717, 1.165) is 33.5 Å². The maximum atomic E-state index is 11.9. The molecular formula is C96H132N6O9. The first-order valence-corrected chi connectivity index (χ1v) is 37.6. The Balaban J connectivity index is 0.000000239. The molecule has 0 saturated heterocycles. The van der Waals surface area contributed by atoms with Gasteiger partial charge in [-0.2, -0.15) is 0 Å². The number of carbonyl (C=O) groups is 3. The number of amides is 3. The van der Waals surface area contributed by atoms with Gasteiger partial charge in [0.15, 0.2) is 5.43 Å². The van der Waals surface area contributed by atoms with E-state index >= 15 is 0 Å². The summed E-state index contributed by atoms with van der Waals surface area (Å²) in [6, 6.07) is 21.5. The van der Waals surface area contributed by atoms with Crippen molar-refractivity contribution in [3.63, 3.8) is 0 Å². The minimum Gasteiger partial charge on any atom is -0.507 e. The number of H-pyrrole nitrogens is 1. The summed E-state index contributed by atoms with van der Waals surface area (Å²) < 4.78 is 10.3. The topological polar surface area (TPSA) is 204 Å². The molecule has 3 amide bonds. The predicted octanol–water partition coefficient (Wildman–Crippen LogP) is 22.9. The summed E-state index contributed by atoms with van der Waals surface area (Å²) in [5.74, 6) is -0.150. The Morgan fingerprint density at radius 1 is 0.468 bits per heavy atom. The number of aromatic nitrogens is 4. The molecule has 0 atom stereocenters. The van der Waals surface area contributed by atoms with Crippen molar-refractivity contribution in [2.75, 3.05) is 14.1 Å². The third kappa shape index (κ3) is 18.4. The second kappa shape index (κ2) is 33.3. The Kier molecular flexibility index (Phi) is 27.5. The second-order valence-electron chi connectivity index (χ2n) is 36.7. The average molecular weight is 1510 g/mol. The van der Waals surface area contributed by atoms with Gasteiger partial charge in [-0.05, 0) is 229 Å². The molecule has 4 N–H and O–H groups in total. The monoisotopic (exact) mass is 1510 g/mol. The predicted molar refractivity (Wildman–Crippen MR) is 467 cm³/mol. The molecule has 15 heteroatoms. The number of benzene rings is 7. The minimum atomic E-state index is -0.428. The average Bonchev–Trinajstić information content (AvgIpc) is 1.54. The van der Waals surface area contributed by atoms with Crippen molar-refractivity contribution in [1.82, 2.24) is 28.9 Å². The molecule has 15 nitrogen and oxygen atoms in total. The number of carbonyl (C=O) groups excluding carboxylic acids is 3. The number of hydrogen-bond donors (Lipinski definition) is 4. The van der Waals surface area contributed by atoms with Gasteiger partial charge in [-0.25, -0.2) is 4.98 Å². The number of aromatic hydroxyl groups is 3. The van der Waals surface area contributed by atoms with E-state index in [-0.39, 0.29) is 111 Å². The van der Waals surface area contributed by atoms with Crippen molar-refractivity contribution in [2.45, 2.75) is 257 Å². The van der Waals surface area contributed by atoms with Crippen molar-refractivity contribution < 1.29 is 34.1 Å². The zero-order valence-electron chi connectivity index (χ0n) is 70.7. The number of imide groups is 1. The lowest BCUT2D eigenvalue weighted by Crippen LogP contribution is -2.24. The fourth-order valence-electron chi connectivity index (χ4n) is 16.0. The molecular weight excluding hydrogens is 1380 g/mol. The lowest BCUT2D eigenvalue weighted by Gasteiger charge is -2.27. The highest BCUT2D eigenvalue weighted by Gasteiger charge is 2.37. The van der Waals surface area contributed by atoms with Crippen LogP contribution in [0.1, 0.15) is 273 Å². The maximum absolute atomic E-state index is 11.9. The molecule has 0 unspecified atom stereocenters. The second-order valence-corrected chi connectivity index (χ2v) is 36.7. The van der Waals surface area contributed by atoms with E-state index in [2.05, 4.69) is 219 Å². The van der Waals surface area contributed by atoms with Crippen LogP contribution in [-0.4, -0.2) is 76.0 Å². The van der Waals surface area contributed by atoms with E-state index in [9.17, 15) is 39.3 Å². The van der Waals surface area contributed by atoms with Crippen LogP contribution in [0.3, 0.4) is 0 Å². The summed E-state index contributed by atoms with van der Waals surface area (Å²) in [5, 5.41) is 35.2. The third-order valence-electron chi connectivity index (χ3n) is 21.5. The highest BCUT2D eigenvalue weighted by Crippen LogP contribution is 2.45. The van der Waals surface area contributed by atoms with Gasteiger partial charge in [-0.15, -0.1) is 0 Å². The smallest absolute Gasteiger partial charge is 0.265 e. The number of phenolic OH excluding ortho intramolecular Hbond substituents is 3. The summed E-state index contributed by atoms with van der Waals surface area (Å²) >= 11 is 0. The molecule has 11 aromatic rings. The molecule has 0 bridgehead atoms. The van der Waals surface area contributed by atoms with Crippen LogP contribution >= 0.6 is 0 Å². The van der Waals surface area contributed by atoms with E-state index in [1.807, 2.05) is 45.0 Å². The lowest BCUT2D eigenvalue weighted by atomic mass is 9.78. The van der Waals surface area contributed by atoms with Gasteiger partial charge in [0.25, 0.3) is 23.3 Å². The lowest BCUT2D eigenvalue weighted by molar-refractivity contribution is 0.0691. The molecule has 0 fully saturated rings. The van der Waals surface area contributed by atoms with Crippen LogP contribution in [0.15, 0.2) is 99.3 Å². The largest absolute Gasteiger partial charge is 0.507 e. The Morgan fingerprint density at radius 2 is 0.955 bits per heavy atom. The number of nitrogens with zero attached hydrogens (tertiary/aromatic N) is 5. The highest BCUT2D eigenvalue weighted by atomic mass is 16.3. The van der Waals surface area contributed by atoms with Crippen molar-refractivity contribution in [1.29, 1.82) is 0 Å². The summed E-state index contributed by atoms with van der Waals surface area (Å²) in [5.41, 5.74) is 27.3. The number of para-hydroxylation sites is 1. The summed E-state index contributed by atoms with van der Waals surface area (Å²) in [7, 11) is 7.55. The number of fused-ring (bicyclic) bond motifs is 8. The number of nitrogens with one attached hydrogen (secondary N) is 1. The number of hydrogen-bond acceptors (Lipinski definition) is 10. The first-order valence-electron chi connectivity index (χ1n) is 37.6. The van der Waals surface area contributed by atoms with Crippen LogP contribution in [-0.2, 0) is 55.1 Å². The standard InChI is InChI=1S/C24H33N.C16H23N.C14H17NO3.C14H19NO2.C13H14O3.C12H14N2O.3CH4/c1-12-13(2)16(5)22-19(14(12)3)20-18(7)21(24(8,9)10)15(4)17(6)23(20)25(22)11;1-10-11(2)15-13(8-9-17(15)7)12(3)14(10)16(4,5)6;1-14(2,3)7-8-5-6-9-10(11(8)16)13(18)15(4)12(9)17;1-14(2,3)7-9-5-6-10-8-15(4)13(17)11(10)12(9)16;1-13(2,3)11-7-9(15)12-8(14)5-4-6-10(12)16-11;1-12(2,3)9-6-4-5-8-10(9)13-7-14-11(8)15;;;/h1-11H3;8-9H,1-7H3;5-6,16H,7H2,1-4H3;5-6,16H,7-8H2,1-4H3;4-7,14H,1-3H3;4-7H,1-3H3,(H,13,14,15);3*1H4. The van der Waals surface area contributed by atoms with E-state index in [1.54, 1.807) is 42.3 Å². The fraction of sp³-hybridized carbons (Fsp3) is 0.458. The van der Waals surface area contributed by atoms with Gasteiger partial charge in [0.05, 0.1) is 50.5 Å². The van der Waals surface area contributed by atoms with Crippen molar-refractivity contribution in [3.8, 4) is 17.2 Å². The summed E-state index contributed by atoms with van der Waals surface area (Å²) in [6.45, 7) is 62.1. The number of aromatic amines is 1. The minimum absolute atomic E-state index is 0. The molecule has 6 heterocycles. The number of rotatable bonds is 2. The van der Waals surface area contributed by atoms with Gasteiger partial charge in [-0.3, -0.25) is 28.9 Å². The molecule has 0 aliphatic carbocycles. The van der Waals surface area contributed by atoms with Crippen molar-refractivity contribution in [2.24, 2.45) is 24.9 Å². The molecule has 0 saturated carbocycles. The Hall–Kier alpha value is -9.76. The van der Waals surface area contributed by atoms with Crippen LogP contribution < -0.4 is 11.0 Å². The molecule has 2 aliphatic rings. The van der Waals surface area contributed by atoms with Crippen LogP contribution in [0.2, 0.25) is 0 Å². The molecule has 0 spiro atoms. The van der Waals surface area contributed by atoms with Crippen LogP contribution in [0, 0.1) is 80.1 Å². The van der Waals surface area contributed by atoms with E-state index in [4.69, 9.17) is 4.42 Å². The summed E-state index contributed by atoms with van der Waals surface area (Å²) in [6.07, 6.45) is 5.04. The van der Waals surface area contributed by atoms with Gasteiger partial charge in [0.2, 0.25) is 0 Å². The molecule has 4 aromatic heterocycles. The summed E-state index contributed by atoms with van der Waals surface area (Å²) in [4.78, 5) is 68.5. The van der Waals surface area contributed by atoms with Crippen molar-refractivity contribution in [3.05, 3.63) is 217 Å². The van der Waals surface area contributed by atoms with E-state index < -0.39 is 5.91 Å². The van der Waals surface area contributed by atoms with Crippen molar-refractivity contribution >= 4 is 72.3 Å². The van der Waals surface area contributed by atoms with Crippen LogP contribution in [0.4, 0.5) is 0 Å². The molecule has 600 valence electrons. The number of phenols is 3. The molecule has 2 aliphatic heterocycles. The molecule has 111 heavy (non-hydrogen) atoms. The first-order chi connectivity index (χ1) is 49.6. The van der Waals surface area contributed by atoms with Crippen LogP contribution in [0.25, 0.3) is 54.6 Å². The van der Waals surface area contributed by atoms with Gasteiger partial charge in [0, 0.05) is 68.6 Å². The first kappa shape index (κ1) is 91.8. The van der Waals surface area contributed by atoms with Gasteiger partial charge in [-0.1, -0.05) is 183 Å². The molecule has 7 aromatic carbocycles. The SMILES string of the molecule is C.C.C.CC(C)(C)c1cc(=O)c2c(O)cccc2o1.CC(C)(C)c1cccc2c(=O)[nH]cnc12.CN1C(=O)c2ccc(CC(C)(C)C)c(O)c2C1=O.CN1Cc2ccc(CC(C)(C)C)c(O)c2C1=O.Cc1c(C(C)(C)C)c(C)c2ccn(C)c2c1C.Cc1c(C)c(C)c2c(c1C)c1c(C)c(C(C)(C)C)c(C)c(C)c1n2C. The zero-order chi connectivity index (χ0) is 81.4. The van der Waals surface area contributed by atoms with E-state index in [1.165, 1.54) is 125 Å². The number of aryl methyl sites for hydroxylation is 8. The van der Waals surface area contributed by atoms with Gasteiger partial charge in [0.1, 0.15) is 34.0 Å². The molecule has 13 rings (SSSR count). The Labute approximate surface area is 662 Å². The van der Waals surface area contributed by atoms with Crippen LogP contribution in [0.5, 0.6) is 17.2 Å². The maximum Gasteiger partial charge on any atom is 0.265 e. The third-order valence-corrected chi connectivity index (χ3v) is 21.5. The Morgan fingerprint density at radius 3 is 1.48 bits per heavy atom. The normalized spacial score (nSPS) is 12.9. The zero-order valence-corrected chi connectivity index (χ0v) is 70.7. The molecule has 0 radical (unpaired) electrons. The van der Waals surface area contributed by atoms with Gasteiger partial charge < -0.3 is 38.8 Å².